The van der Waals surface area contributed by atoms with Crippen molar-refractivity contribution in [3.05, 3.63) is 65.7 Å². The van der Waals surface area contributed by atoms with Gasteiger partial charge in [0, 0.05) is 13.0 Å². The quantitative estimate of drug-likeness (QED) is 0.422. The Kier molecular flexibility index (Phi) is 7.03. The van der Waals surface area contributed by atoms with Crippen molar-refractivity contribution in [3.63, 3.8) is 0 Å². The Balaban J connectivity index is 1.57. The predicted molar refractivity (Wildman–Crippen MR) is 110 cm³/mol. The molecule has 0 aliphatic carbocycles. The van der Waals surface area contributed by atoms with Gasteiger partial charge in [0.2, 0.25) is 11.8 Å². The molecular formula is C22H25N3O5. The molecule has 3 atom stereocenters. The normalized spacial score (nSPS) is 18.2. The minimum absolute atomic E-state index is 0.311. The zero-order valence-electron chi connectivity index (χ0n) is 16.6. The minimum atomic E-state index is -1.08. The molecule has 0 unspecified atom stereocenters. The molecule has 0 aromatic heterocycles. The van der Waals surface area contributed by atoms with Crippen LogP contribution in [-0.2, 0) is 27.2 Å². The van der Waals surface area contributed by atoms with E-state index in [0.29, 0.717) is 19.4 Å². The Hall–Kier alpha value is -3.39. The fourth-order valence-electron chi connectivity index (χ4n) is 3.14. The lowest BCUT2D eigenvalue weighted by molar-refractivity contribution is -0.137. The summed E-state index contributed by atoms with van der Waals surface area (Å²) in [6.45, 7) is 0.408. The average Bonchev–Trinajstić information content (AvgIpc) is 3.56. The third kappa shape index (κ3) is 5.81. The molecule has 4 N–H and O–H groups in total. The maximum absolute atomic E-state index is 12.7. The van der Waals surface area contributed by atoms with Gasteiger partial charge in [-0.05, 0) is 29.7 Å². The third-order valence-corrected chi connectivity index (χ3v) is 4.92. The fourth-order valence-corrected chi connectivity index (χ4v) is 3.14. The molecule has 8 heteroatoms. The number of carboxylic acids is 1. The highest BCUT2D eigenvalue weighted by Crippen LogP contribution is 2.13. The molecule has 2 aromatic carbocycles. The van der Waals surface area contributed by atoms with Crippen molar-refractivity contribution in [2.75, 3.05) is 13.7 Å². The first-order valence-corrected chi connectivity index (χ1v) is 9.71. The van der Waals surface area contributed by atoms with Gasteiger partial charge < -0.3 is 20.5 Å². The number of nitrogens with one attached hydrogen (secondary N) is 3. The number of methoxy groups -OCH3 is 1. The summed E-state index contributed by atoms with van der Waals surface area (Å²) in [6, 6.07) is 14.4. The molecule has 1 aliphatic rings. The van der Waals surface area contributed by atoms with E-state index in [4.69, 9.17) is 9.84 Å². The Morgan fingerprint density at radius 3 is 2.33 bits per heavy atom. The number of rotatable bonds is 10. The van der Waals surface area contributed by atoms with Crippen molar-refractivity contribution < 1.29 is 24.2 Å². The van der Waals surface area contributed by atoms with Gasteiger partial charge in [0.15, 0.2) is 0 Å². The van der Waals surface area contributed by atoms with E-state index >= 15 is 0 Å². The van der Waals surface area contributed by atoms with Gasteiger partial charge in [0.1, 0.15) is 23.9 Å². The molecule has 0 saturated carbocycles. The average molecular weight is 411 g/mol. The molecule has 158 valence electrons. The second-order valence-corrected chi connectivity index (χ2v) is 7.10. The minimum Gasteiger partial charge on any atom is -0.497 e. The molecule has 0 bridgehead atoms. The predicted octanol–water partition coefficient (Wildman–Crippen LogP) is 0.506. The highest BCUT2D eigenvalue weighted by molar-refractivity contribution is 5.97. The number of ether oxygens (including phenoxy) is 1. The van der Waals surface area contributed by atoms with Gasteiger partial charge in [-0.3, -0.25) is 19.7 Å². The number of benzene rings is 2. The monoisotopic (exact) mass is 411 g/mol. The highest BCUT2D eigenvalue weighted by atomic mass is 16.5. The van der Waals surface area contributed by atoms with Crippen LogP contribution in [0.1, 0.15) is 11.1 Å². The number of carbonyl (C=O) groups is 3. The van der Waals surface area contributed by atoms with Crippen molar-refractivity contribution in [2.24, 2.45) is 0 Å². The zero-order chi connectivity index (χ0) is 21.5. The molecule has 1 aliphatic heterocycles. The smallest absolute Gasteiger partial charge is 0.322 e. The summed E-state index contributed by atoms with van der Waals surface area (Å²) in [5.74, 6) is -1.12. The van der Waals surface area contributed by atoms with E-state index in [1.54, 1.807) is 7.11 Å². The van der Waals surface area contributed by atoms with Crippen LogP contribution in [0.15, 0.2) is 54.6 Å². The van der Waals surface area contributed by atoms with Crippen molar-refractivity contribution in [1.29, 1.82) is 0 Å². The van der Waals surface area contributed by atoms with Crippen molar-refractivity contribution in [2.45, 2.75) is 31.0 Å². The van der Waals surface area contributed by atoms with E-state index in [2.05, 4.69) is 16.0 Å². The molecule has 1 saturated heterocycles. The van der Waals surface area contributed by atoms with Crippen LogP contribution in [0.25, 0.3) is 0 Å². The summed E-state index contributed by atoms with van der Waals surface area (Å²) in [5.41, 5.74) is 1.94. The number of hydrogen-bond acceptors (Lipinski definition) is 5. The lowest BCUT2D eigenvalue weighted by atomic mass is 10.0. The Bertz CT molecular complexity index is 885. The standard InChI is InChI=1S/C22H25N3O5/c1-30-16-9-7-14(8-10-16)11-12-23-20(26)17(13-15-5-3-2-4-6-15)24-21(27)18-19(25-18)22(28)29/h2-10,17-19,25H,11-13H2,1H3,(H,23,26)(H,24,27)(H,28,29)/t17-,18-,19-/m0/s1. The first-order valence-electron chi connectivity index (χ1n) is 9.71. The van der Waals surface area contributed by atoms with E-state index in [0.717, 1.165) is 16.9 Å². The second kappa shape index (κ2) is 9.89. The van der Waals surface area contributed by atoms with Crippen LogP contribution in [0.3, 0.4) is 0 Å². The van der Waals surface area contributed by atoms with Crippen LogP contribution in [0.5, 0.6) is 5.75 Å². The summed E-state index contributed by atoms with van der Waals surface area (Å²) < 4.78 is 5.13. The Labute approximate surface area is 174 Å². The number of hydrogen-bond donors (Lipinski definition) is 4. The largest absolute Gasteiger partial charge is 0.497 e. The summed E-state index contributed by atoms with van der Waals surface area (Å²) >= 11 is 0. The summed E-state index contributed by atoms with van der Waals surface area (Å²) in [5, 5.41) is 17.1. The summed E-state index contributed by atoms with van der Waals surface area (Å²) in [6.07, 6.45) is 0.943. The van der Waals surface area contributed by atoms with Gasteiger partial charge in [-0.1, -0.05) is 42.5 Å². The molecule has 3 rings (SSSR count). The van der Waals surface area contributed by atoms with Gasteiger partial charge in [0.25, 0.3) is 0 Å². The Morgan fingerprint density at radius 2 is 1.73 bits per heavy atom. The van der Waals surface area contributed by atoms with Gasteiger partial charge in [-0.15, -0.1) is 0 Å². The molecule has 30 heavy (non-hydrogen) atoms. The van der Waals surface area contributed by atoms with Crippen LogP contribution in [0.2, 0.25) is 0 Å². The van der Waals surface area contributed by atoms with E-state index < -0.39 is 30.0 Å². The van der Waals surface area contributed by atoms with Gasteiger partial charge in [0.05, 0.1) is 7.11 Å². The zero-order valence-corrected chi connectivity index (χ0v) is 16.6. The molecule has 0 spiro atoms. The van der Waals surface area contributed by atoms with Crippen LogP contribution in [0, 0.1) is 0 Å². The van der Waals surface area contributed by atoms with E-state index in [1.165, 1.54) is 0 Å². The number of carbonyl (C=O) groups excluding carboxylic acids is 2. The maximum atomic E-state index is 12.7. The van der Waals surface area contributed by atoms with Crippen molar-refractivity contribution >= 4 is 17.8 Å². The SMILES string of the molecule is COc1ccc(CCNC(=O)[C@H](Cc2ccccc2)NC(=O)[C@H]2N[C@@H]2C(=O)O)cc1. The number of aliphatic carboxylic acids is 1. The van der Waals surface area contributed by atoms with E-state index in [-0.39, 0.29) is 5.91 Å². The fraction of sp³-hybridized carbons (Fsp3) is 0.318. The van der Waals surface area contributed by atoms with Crippen molar-refractivity contribution in [1.82, 2.24) is 16.0 Å². The van der Waals surface area contributed by atoms with Crippen LogP contribution in [0.4, 0.5) is 0 Å². The molecular weight excluding hydrogens is 386 g/mol. The van der Waals surface area contributed by atoms with Crippen molar-refractivity contribution in [3.8, 4) is 5.75 Å². The van der Waals surface area contributed by atoms with Gasteiger partial charge in [-0.25, -0.2) is 0 Å². The second-order valence-electron chi connectivity index (χ2n) is 7.10. The molecule has 2 aromatic rings. The molecule has 2 amide bonds. The number of carboxylic acid groups (broad SMARTS) is 1. The van der Waals surface area contributed by atoms with E-state index in [1.807, 2.05) is 54.6 Å². The lowest BCUT2D eigenvalue weighted by Crippen LogP contribution is -2.50. The Morgan fingerprint density at radius 1 is 1.03 bits per heavy atom. The first-order chi connectivity index (χ1) is 14.5. The van der Waals surface area contributed by atoms with Gasteiger partial charge >= 0.3 is 5.97 Å². The summed E-state index contributed by atoms with van der Waals surface area (Å²) in [7, 11) is 1.60. The topological polar surface area (TPSA) is 127 Å². The van der Waals surface area contributed by atoms with Crippen LogP contribution >= 0.6 is 0 Å². The summed E-state index contributed by atoms with van der Waals surface area (Å²) in [4.78, 5) is 36.1. The number of amides is 2. The van der Waals surface area contributed by atoms with Gasteiger partial charge in [-0.2, -0.15) is 0 Å². The maximum Gasteiger partial charge on any atom is 0.322 e. The molecule has 8 nitrogen and oxygen atoms in total. The van der Waals surface area contributed by atoms with Crippen LogP contribution < -0.4 is 20.7 Å². The lowest BCUT2D eigenvalue weighted by Gasteiger charge is -2.18. The van der Waals surface area contributed by atoms with Crippen LogP contribution in [-0.4, -0.2) is 54.7 Å². The first kappa shape index (κ1) is 21.3. The van der Waals surface area contributed by atoms with E-state index in [9.17, 15) is 14.4 Å². The molecule has 0 radical (unpaired) electrons. The highest BCUT2D eigenvalue weighted by Gasteiger charge is 2.48. The molecule has 1 fully saturated rings. The third-order valence-electron chi connectivity index (χ3n) is 4.92. The molecule has 1 heterocycles.